The van der Waals surface area contributed by atoms with Gasteiger partial charge < -0.3 is 10.6 Å². The first kappa shape index (κ1) is 18.2. The lowest BCUT2D eigenvalue weighted by molar-refractivity contribution is 0.0914. The molecule has 1 fully saturated rings. The second-order valence-electron chi connectivity index (χ2n) is 5.68. The van der Waals surface area contributed by atoms with Crippen LogP contribution < -0.4 is 10.6 Å². The Kier molecular flexibility index (Phi) is 6.06. The largest absolute Gasteiger partial charge is 0.348 e. The first-order valence-electron chi connectivity index (χ1n) is 8.84. The molecule has 0 radical (unpaired) electrons. The van der Waals surface area contributed by atoms with Crippen LogP contribution in [0, 0.1) is 0 Å². The zero-order chi connectivity index (χ0) is 18.4. The van der Waals surface area contributed by atoms with Crippen LogP contribution in [0.2, 0.25) is 0 Å². The molecule has 0 atom stereocenters. The summed E-state index contributed by atoms with van der Waals surface area (Å²) in [7, 11) is 0. The predicted molar refractivity (Wildman–Crippen MR) is 103 cm³/mol. The number of fused-ring (bicyclic) bond motifs is 1. The van der Waals surface area contributed by atoms with Crippen molar-refractivity contribution in [2.45, 2.75) is 45.7 Å². The summed E-state index contributed by atoms with van der Waals surface area (Å²) in [5.41, 5.74) is 1.99. The van der Waals surface area contributed by atoms with Crippen LogP contribution in [0.5, 0.6) is 0 Å². The molecule has 0 bridgehead atoms. The Morgan fingerprint density at radius 1 is 1.27 bits per heavy atom. The Hall–Kier alpha value is -2.61. The lowest BCUT2D eigenvalue weighted by Crippen LogP contribution is -2.39. The van der Waals surface area contributed by atoms with E-state index in [4.69, 9.17) is 0 Å². The Morgan fingerprint density at radius 3 is 2.81 bits per heavy atom. The highest BCUT2D eigenvalue weighted by molar-refractivity contribution is 7.17. The molecule has 0 spiro atoms. The molecular formula is C18H22N6OS. The van der Waals surface area contributed by atoms with Crippen LogP contribution in [0.15, 0.2) is 30.0 Å². The van der Waals surface area contributed by atoms with E-state index in [1.807, 2.05) is 25.3 Å². The minimum atomic E-state index is -0.128. The van der Waals surface area contributed by atoms with Gasteiger partial charge in [-0.25, -0.2) is 9.97 Å². The summed E-state index contributed by atoms with van der Waals surface area (Å²) in [5.74, 6) is 0.294. The van der Waals surface area contributed by atoms with Crippen molar-refractivity contribution in [3.05, 3.63) is 41.4 Å². The van der Waals surface area contributed by atoms with E-state index in [9.17, 15) is 4.79 Å². The maximum absolute atomic E-state index is 12.5. The number of carbonyl (C=O) groups excluding carboxylic acids is 1. The summed E-state index contributed by atoms with van der Waals surface area (Å²) in [5, 5.41) is 8.08. The molecule has 1 saturated carbocycles. The highest BCUT2D eigenvalue weighted by atomic mass is 32.1. The summed E-state index contributed by atoms with van der Waals surface area (Å²) in [6, 6.07) is 2.17. The Morgan fingerprint density at radius 2 is 2.12 bits per heavy atom. The summed E-state index contributed by atoms with van der Waals surface area (Å²) in [6.45, 7) is 4.45. The summed E-state index contributed by atoms with van der Waals surface area (Å²) >= 11 is 1.48. The molecule has 7 nitrogen and oxygen atoms in total. The van der Waals surface area contributed by atoms with E-state index >= 15 is 0 Å². The number of anilines is 1. The number of amides is 1. The minimum Gasteiger partial charge on any atom is -0.348 e. The zero-order valence-corrected chi connectivity index (χ0v) is 15.7. The van der Waals surface area contributed by atoms with Gasteiger partial charge in [0, 0.05) is 18.4 Å². The number of thiophene rings is 1. The molecule has 3 heterocycles. The normalized spacial score (nSPS) is 13.5. The first-order chi connectivity index (χ1) is 12.8. The first-order valence-corrected chi connectivity index (χ1v) is 9.72. The zero-order valence-electron chi connectivity index (χ0n) is 14.9. The third kappa shape index (κ3) is 4.13. The second-order valence-corrected chi connectivity index (χ2v) is 6.60. The Labute approximate surface area is 156 Å². The smallest absolute Gasteiger partial charge is 0.271 e. The van der Waals surface area contributed by atoms with Crippen LogP contribution >= 0.6 is 11.3 Å². The molecule has 0 saturated heterocycles. The van der Waals surface area contributed by atoms with Crippen LogP contribution in [0.3, 0.4) is 0 Å². The number of aromatic nitrogens is 4. The number of carbonyl (C=O) groups is 1. The van der Waals surface area contributed by atoms with Crippen molar-refractivity contribution in [1.82, 2.24) is 25.3 Å². The number of rotatable bonds is 5. The second kappa shape index (κ2) is 8.66. The summed E-state index contributed by atoms with van der Waals surface area (Å²) < 4.78 is 0.817. The van der Waals surface area contributed by atoms with E-state index in [0.717, 1.165) is 28.8 Å². The maximum atomic E-state index is 12.5. The van der Waals surface area contributed by atoms with Crippen LogP contribution in [-0.2, 0) is 6.54 Å². The molecule has 4 rings (SSSR count). The fraction of sp³-hybridized carbons (Fsp3) is 0.389. The molecule has 0 aliphatic heterocycles. The molecular weight excluding hydrogens is 348 g/mol. The van der Waals surface area contributed by atoms with Crippen molar-refractivity contribution in [3.63, 3.8) is 0 Å². The number of hydrogen-bond donors (Lipinski definition) is 2. The van der Waals surface area contributed by atoms with Gasteiger partial charge in [-0.3, -0.25) is 14.8 Å². The van der Waals surface area contributed by atoms with Gasteiger partial charge in [0.25, 0.3) is 5.91 Å². The Balaban J connectivity index is 0.000000948. The molecule has 1 amide bonds. The average molecular weight is 370 g/mol. The van der Waals surface area contributed by atoms with Gasteiger partial charge in [0.05, 0.1) is 28.7 Å². The van der Waals surface area contributed by atoms with Gasteiger partial charge in [-0.05, 0) is 30.7 Å². The van der Waals surface area contributed by atoms with Crippen LogP contribution in [0.4, 0.5) is 5.95 Å². The Bertz CT molecular complexity index is 863. The maximum Gasteiger partial charge on any atom is 0.271 e. The number of hydrogen-bond acceptors (Lipinski definition) is 7. The van der Waals surface area contributed by atoms with Crippen molar-refractivity contribution < 1.29 is 4.79 Å². The lowest BCUT2D eigenvalue weighted by Gasteiger charge is -2.26. The predicted octanol–water partition coefficient (Wildman–Crippen LogP) is 3.40. The van der Waals surface area contributed by atoms with Crippen molar-refractivity contribution in [2.24, 2.45) is 0 Å². The van der Waals surface area contributed by atoms with Gasteiger partial charge >= 0.3 is 0 Å². The van der Waals surface area contributed by atoms with E-state index in [2.05, 4.69) is 30.6 Å². The van der Waals surface area contributed by atoms with Gasteiger partial charge in [0.2, 0.25) is 5.95 Å². The molecule has 136 valence electrons. The van der Waals surface area contributed by atoms with E-state index in [-0.39, 0.29) is 11.9 Å². The SMILES string of the molecule is CC.O=C(NC1CCC1)c1nc(NCc2cnccn2)nc2ccsc12. The third-order valence-corrected chi connectivity index (χ3v) is 4.91. The lowest BCUT2D eigenvalue weighted by atomic mass is 9.93. The minimum absolute atomic E-state index is 0.128. The fourth-order valence-electron chi connectivity index (χ4n) is 2.49. The highest BCUT2D eigenvalue weighted by Gasteiger charge is 2.23. The third-order valence-electron chi connectivity index (χ3n) is 4.00. The van der Waals surface area contributed by atoms with Gasteiger partial charge in [-0.2, -0.15) is 0 Å². The van der Waals surface area contributed by atoms with Crippen molar-refractivity contribution in [3.8, 4) is 0 Å². The van der Waals surface area contributed by atoms with Crippen molar-refractivity contribution in [2.75, 3.05) is 5.32 Å². The topological polar surface area (TPSA) is 92.7 Å². The van der Waals surface area contributed by atoms with E-state index in [1.165, 1.54) is 17.8 Å². The molecule has 0 aromatic carbocycles. The van der Waals surface area contributed by atoms with Crippen molar-refractivity contribution >= 4 is 33.4 Å². The van der Waals surface area contributed by atoms with Crippen LogP contribution in [0.25, 0.3) is 10.2 Å². The number of nitrogens with one attached hydrogen (secondary N) is 2. The summed E-state index contributed by atoms with van der Waals surface area (Å²) in [6.07, 6.45) is 8.20. The van der Waals surface area contributed by atoms with E-state index in [0.29, 0.717) is 18.2 Å². The standard InChI is InChI=1S/C16H16N6OS.C2H6/c23-15(20-10-2-1-3-10)13-14-12(4-7-24-14)21-16(22-13)19-9-11-8-17-5-6-18-11;1-2/h4-8,10H,1-3,9H2,(H,20,23)(H,19,21,22);1-2H3. The molecule has 1 aliphatic rings. The monoisotopic (exact) mass is 370 g/mol. The van der Waals surface area contributed by atoms with Gasteiger partial charge in [0.1, 0.15) is 0 Å². The van der Waals surface area contributed by atoms with Gasteiger partial charge in [0.15, 0.2) is 5.69 Å². The molecule has 8 heteroatoms. The van der Waals surface area contributed by atoms with E-state index in [1.54, 1.807) is 18.6 Å². The molecule has 3 aromatic rings. The van der Waals surface area contributed by atoms with Crippen molar-refractivity contribution in [1.29, 1.82) is 0 Å². The molecule has 26 heavy (non-hydrogen) atoms. The van der Waals surface area contributed by atoms with Crippen LogP contribution in [0.1, 0.15) is 49.3 Å². The highest BCUT2D eigenvalue weighted by Crippen LogP contribution is 2.25. The van der Waals surface area contributed by atoms with E-state index < -0.39 is 0 Å². The van der Waals surface area contributed by atoms with Gasteiger partial charge in [-0.15, -0.1) is 11.3 Å². The average Bonchev–Trinajstić information content (AvgIpc) is 3.13. The van der Waals surface area contributed by atoms with Crippen LogP contribution in [-0.4, -0.2) is 31.9 Å². The fourth-order valence-corrected chi connectivity index (χ4v) is 3.31. The summed E-state index contributed by atoms with van der Waals surface area (Å²) in [4.78, 5) is 29.7. The molecule has 3 aromatic heterocycles. The molecule has 1 aliphatic carbocycles. The molecule has 2 N–H and O–H groups in total. The quantitative estimate of drug-likeness (QED) is 0.715. The number of nitrogens with zero attached hydrogens (tertiary/aromatic N) is 4. The van der Waals surface area contributed by atoms with Gasteiger partial charge in [-0.1, -0.05) is 13.8 Å². The molecule has 0 unspecified atom stereocenters.